The molecule has 0 amide bonds. The molecule has 0 N–H and O–H groups in total. The lowest BCUT2D eigenvalue weighted by molar-refractivity contribution is -0.227. The number of hydrogen-bond acceptors (Lipinski definition) is 4. The lowest BCUT2D eigenvalue weighted by atomic mass is 9.58. The normalized spacial score (nSPS) is 42.8. The highest BCUT2D eigenvalue weighted by atomic mass is 16.7. The van der Waals surface area contributed by atoms with Crippen LogP contribution >= 0.6 is 0 Å². The summed E-state index contributed by atoms with van der Waals surface area (Å²) in [4.78, 5) is 12.0. The summed E-state index contributed by atoms with van der Waals surface area (Å²) < 4.78 is 18.4. The van der Waals surface area contributed by atoms with Crippen LogP contribution in [0.1, 0.15) is 65.2 Å². The molecule has 4 nitrogen and oxygen atoms in total. The number of carbonyl (C=O) groups is 1. The number of allylic oxidation sites excluding steroid dienone is 1. The monoisotopic (exact) mass is 334 g/mol. The molecule has 134 valence electrons. The van der Waals surface area contributed by atoms with Crippen LogP contribution in [0.15, 0.2) is 11.6 Å². The predicted molar refractivity (Wildman–Crippen MR) is 90.3 cm³/mol. The molecule has 3 unspecified atom stereocenters. The number of carbonyl (C=O) groups excluding carboxylic acids is 1. The van der Waals surface area contributed by atoms with Gasteiger partial charge in [0.15, 0.2) is 5.79 Å². The summed E-state index contributed by atoms with van der Waals surface area (Å²) in [6, 6.07) is 0. The molecular formula is C20H30O4. The highest BCUT2D eigenvalue weighted by Gasteiger charge is 2.64. The summed E-state index contributed by atoms with van der Waals surface area (Å²) in [7, 11) is 0. The third kappa shape index (κ3) is 2.53. The van der Waals surface area contributed by atoms with Gasteiger partial charge in [0.05, 0.1) is 13.2 Å². The molecule has 1 aliphatic heterocycles. The SMILES string of the molecule is CCC(=O)O[C@H]1C/C(C)=C\CC23CCCC1C2C1(CC3)OCCO1. The zero-order valence-corrected chi connectivity index (χ0v) is 15.0. The quantitative estimate of drug-likeness (QED) is 0.566. The molecule has 4 heteroatoms. The third-order valence-corrected chi connectivity index (χ3v) is 6.95. The second kappa shape index (κ2) is 6.14. The number of esters is 1. The molecule has 1 spiro atoms. The number of ether oxygens (including phenoxy) is 3. The maximum atomic E-state index is 12.0. The standard InChI is InChI=1S/C20H30O4/c1-3-17(21)24-16-13-14(2)6-8-19-7-4-5-15(16)18(19)20(10-9-19)22-11-12-23-20/h6,15-16,18H,3-5,7-13H2,1-2H3/b14-6-/t15?,16-,18?,19?/m0/s1. The Morgan fingerprint density at radius 2 is 2.08 bits per heavy atom. The average molecular weight is 334 g/mol. The minimum absolute atomic E-state index is 0.0264. The van der Waals surface area contributed by atoms with Gasteiger partial charge in [-0.2, -0.15) is 0 Å². The van der Waals surface area contributed by atoms with Crippen molar-refractivity contribution >= 4 is 5.97 Å². The van der Waals surface area contributed by atoms with E-state index in [1.807, 2.05) is 6.92 Å². The highest BCUT2D eigenvalue weighted by Crippen LogP contribution is 2.64. The van der Waals surface area contributed by atoms with Gasteiger partial charge in [0.25, 0.3) is 0 Å². The Bertz CT molecular complexity index is 534. The molecule has 24 heavy (non-hydrogen) atoms. The van der Waals surface area contributed by atoms with Crippen LogP contribution in [-0.4, -0.2) is 31.1 Å². The third-order valence-electron chi connectivity index (χ3n) is 6.95. The van der Waals surface area contributed by atoms with Crippen LogP contribution in [0.5, 0.6) is 0 Å². The van der Waals surface area contributed by atoms with Gasteiger partial charge in [-0.25, -0.2) is 0 Å². The first-order valence-corrected chi connectivity index (χ1v) is 9.72. The van der Waals surface area contributed by atoms with E-state index in [0.29, 0.717) is 31.5 Å². The van der Waals surface area contributed by atoms with E-state index < -0.39 is 5.79 Å². The summed E-state index contributed by atoms with van der Waals surface area (Å²) in [5, 5.41) is 0. The second-order valence-electron chi connectivity index (χ2n) is 8.25. The Hall–Kier alpha value is -0.870. The van der Waals surface area contributed by atoms with Crippen molar-refractivity contribution in [3.63, 3.8) is 0 Å². The van der Waals surface area contributed by atoms with Crippen molar-refractivity contribution in [2.75, 3.05) is 13.2 Å². The molecular weight excluding hydrogens is 304 g/mol. The Kier molecular flexibility index (Phi) is 4.24. The van der Waals surface area contributed by atoms with E-state index in [0.717, 1.165) is 25.7 Å². The molecule has 1 saturated heterocycles. The first-order valence-electron chi connectivity index (χ1n) is 9.72. The number of hydrogen-bond donors (Lipinski definition) is 0. The molecule has 2 saturated carbocycles. The maximum absolute atomic E-state index is 12.0. The Labute approximate surface area is 144 Å². The smallest absolute Gasteiger partial charge is 0.305 e. The first-order chi connectivity index (χ1) is 11.6. The van der Waals surface area contributed by atoms with Crippen molar-refractivity contribution in [3.05, 3.63) is 11.6 Å². The van der Waals surface area contributed by atoms with E-state index in [1.165, 1.54) is 24.8 Å². The van der Waals surface area contributed by atoms with E-state index in [-0.39, 0.29) is 17.5 Å². The van der Waals surface area contributed by atoms with Crippen LogP contribution in [0, 0.1) is 17.3 Å². The van der Waals surface area contributed by atoms with E-state index in [4.69, 9.17) is 14.2 Å². The predicted octanol–water partition coefficient (Wildman–Crippen LogP) is 3.99. The molecule has 1 heterocycles. The summed E-state index contributed by atoms with van der Waals surface area (Å²) >= 11 is 0. The lowest BCUT2D eigenvalue weighted by Gasteiger charge is -2.51. The van der Waals surface area contributed by atoms with Crippen LogP contribution in [-0.2, 0) is 19.0 Å². The van der Waals surface area contributed by atoms with Crippen LogP contribution in [0.4, 0.5) is 0 Å². The fraction of sp³-hybridized carbons (Fsp3) is 0.850. The minimum Gasteiger partial charge on any atom is -0.462 e. The Morgan fingerprint density at radius 3 is 2.83 bits per heavy atom. The van der Waals surface area contributed by atoms with E-state index in [1.54, 1.807) is 0 Å². The van der Waals surface area contributed by atoms with Gasteiger partial charge in [0.2, 0.25) is 0 Å². The van der Waals surface area contributed by atoms with Gasteiger partial charge in [-0.3, -0.25) is 4.79 Å². The van der Waals surface area contributed by atoms with Crippen molar-refractivity contribution < 1.29 is 19.0 Å². The van der Waals surface area contributed by atoms with Crippen molar-refractivity contribution in [2.45, 2.75) is 77.1 Å². The van der Waals surface area contributed by atoms with Gasteiger partial charge in [-0.15, -0.1) is 0 Å². The van der Waals surface area contributed by atoms with Gasteiger partial charge in [-0.05, 0) is 38.0 Å². The van der Waals surface area contributed by atoms with Crippen LogP contribution in [0.3, 0.4) is 0 Å². The zero-order valence-electron chi connectivity index (χ0n) is 15.0. The molecule has 0 radical (unpaired) electrons. The van der Waals surface area contributed by atoms with Crippen molar-refractivity contribution in [1.82, 2.24) is 0 Å². The molecule has 2 bridgehead atoms. The van der Waals surface area contributed by atoms with E-state index in [2.05, 4.69) is 13.0 Å². The fourth-order valence-electron chi connectivity index (χ4n) is 5.95. The molecule has 4 atom stereocenters. The molecule has 0 aromatic heterocycles. The summed E-state index contributed by atoms with van der Waals surface area (Å²) in [6.45, 7) is 5.47. The summed E-state index contributed by atoms with van der Waals surface area (Å²) in [5.74, 6) is 0.227. The second-order valence-corrected chi connectivity index (χ2v) is 8.25. The minimum atomic E-state index is -0.416. The van der Waals surface area contributed by atoms with Crippen molar-refractivity contribution in [1.29, 1.82) is 0 Å². The molecule has 0 aromatic rings. The molecule has 0 aromatic carbocycles. The molecule has 3 aliphatic carbocycles. The zero-order chi connectivity index (χ0) is 16.8. The Balaban J connectivity index is 1.73. The van der Waals surface area contributed by atoms with Crippen molar-refractivity contribution in [3.8, 4) is 0 Å². The summed E-state index contributed by atoms with van der Waals surface area (Å²) in [5.41, 5.74) is 1.63. The molecule has 4 aliphatic rings. The van der Waals surface area contributed by atoms with Crippen molar-refractivity contribution in [2.24, 2.45) is 17.3 Å². The number of rotatable bonds is 2. The van der Waals surface area contributed by atoms with Crippen LogP contribution < -0.4 is 0 Å². The van der Waals surface area contributed by atoms with Gasteiger partial charge < -0.3 is 14.2 Å². The van der Waals surface area contributed by atoms with Gasteiger partial charge in [-0.1, -0.05) is 25.0 Å². The lowest BCUT2D eigenvalue weighted by Crippen LogP contribution is -2.52. The first kappa shape index (κ1) is 16.6. The van der Waals surface area contributed by atoms with Gasteiger partial charge >= 0.3 is 5.97 Å². The van der Waals surface area contributed by atoms with Gasteiger partial charge in [0.1, 0.15) is 6.10 Å². The van der Waals surface area contributed by atoms with Gasteiger partial charge in [0, 0.05) is 31.1 Å². The fourth-order valence-corrected chi connectivity index (χ4v) is 5.95. The topological polar surface area (TPSA) is 44.8 Å². The van der Waals surface area contributed by atoms with E-state index in [9.17, 15) is 4.79 Å². The maximum Gasteiger partial charge on any atom is 0.305 e. The highest BCUT2D eigenvalue weighted by molar-refractivity contribution is 5.69. The van der Waals surface area contributed by atoms with E-state index >= 15 is 0 Å². The summed E-state index contributed by atoms with van der Waals surface area (Å²) in [6.07, 6.45) is 10.6. The average Bonchev–Trinajstić information content (AvgIpc) is 3.18. The molecule has 3 fully saturated rings. The van der Waals surface area contributed by atoms with Crippen LogP contribution in [0.2, 0.25) is 0 Å². The molecule has 4 rings (SSSR count). The Morgan fingerprint density at radius 1 is 1.29 bits per heavy atom. The largest absolute Gasteiger partial charge is 0.462 e. The van der Waals surface area contributed by atoms with Crippen LogP contribution in [0.25, 0.3) is 0 Å².